The van der Waals surface area contributed by atoms with E-state index in [1.54, 1.807) is 7.11 Å². The minimum atomic E-state index is 0.221. The lowest BCUT2D eigenvalue weighted by molar-refractivity contribution is 0.0253. The molecule has 0 saturated heterocycles. The van der Waals surface area contributed by atoms with Crippen LogP contribution in [-0.4, -0.2) is 26.2 Å². The molecule has 0 radical (unpaired) electrons. The van der Waals surface area contributed by atoms with Crippen LogP contribution in [0.4, 0.5) is 5.69 Å². The summed E-state index contributed by atoms with van der Waals surface area (Å²) in [5.41, 5.74) is 10.2. The standard InChI is InChI=1S/C17H25N3O/c1-21-12-17(8-3-9-17)11-19-16(18)20-15-7-6-13-4-2-5-14(13)10-15/h6-7,10H,2-5,8-9,11-12H2,1H3,(H3,18,19,20). The lowest BCUT2D eigenvalue weighted by atomic mass is 9.69. The molecule has 4 heteroatoms. The maximum absolute atomic E-state index is 6.03. The van der Waals surface area contributed by atoms with Crippen molar-refractivity contribution in [3.63, 3.8) is 0 Å². The Balaban J connectivity index is 1.60. The lowest BCUT2D eigenvalue weighted by Gasteiger charge is -2.40. The van der Waals surface area contributed by atoms with Crippen molar-refractivity contribution in [3.8, 4) is 0 Å². The number of ether oxygens (including phenoxy) is 1. The predicted octanol–water partition coefficient (Wildman–Crippen LogP) is 2.72. The third-order valence-electron chi connectivity index (χ3n) is 4.82. The van der Waals surface area contributed by atoms with E-state index in [0.717, 1.165) is 18.8 Å². The van der Waals surface area contributed by atoms with Crippen molar-refractivity contribution in [1.29, 1.82) is 0 Å². The van der Waals surface area contributed by atoms with Crippen molar-refractivity contribution in [2.24, 2.45) is 16.1 Å². The van der Waals surface area contributed by atoms with Crippen LogP contribution in [0.2, 0.25) is 0 Å². The summed E-state index contributed by atoms with van der Waals surface area (Å²) in [6.07, 6.45) is 7.31. The number of hydrogen-bond donors (Lipinski definition) is 2. The number of nitrogens with zero attached hydrogens (tertiary/aromatic N) is 1. The van der Waals surface area contributed by atoms with Gasteiger partial charge in [-0.15, -0.1) is 0 Å². The number of rotatable bonds is 5. The van der Waals surface area contributed by atoms with Gasteiger partial charge in [0.1, 0.15) is 0 Å². The van der Waals surface area contributed by atoms with Crippen LogP contribution in [0.3, 0.4) is 0 Å². The zero-order chi connectivity index (χ0) is 14.7. The third kappa shape index (κ3) is 3.21. The van der Waals surface area contributed by atoms with Crippen molar-refractivity contribution in [1.82, 2.24) is 0 Å². The number of aryl methyl sites for hydroxylation is 2. The summed E-state index contributed by atoms with van der Waals surface area (Å²) in [7, 11) is 1.76. The van der Waals surface area contributed by atoms with Gasteiger partial charge in [-0.3, -0.25) is 4.99 Å². The molecule has 4 nitrogen and oxygen atoms in total. The Morgan fingerprint density at radius 2 is 2.10 bits per heavy atom. The second kappa shape index (κ2) is 6.06. The summed E-state index contributed by atoms with van der Waals surface area (Å²) < 4.78 is 5.32. The highest BCUT2D eigenvalue weighted by Crippen LogP contribution is 2.41. The van der Waals surface area contributed by atoms with E-state index in [1.165, 1.54) is 49.7 Å². The van der Waals surface area contributed by atoms with Gasteiger partial charge in [-0.2, -0.15) is 0 Å². The Morgan fingerprint density at radius 3 is 2.81 bits per heavy atom. The topological polar surface area (TPSA) is 59.6 Å². The molecule has 2 aliphatic carbocycles. The average molecular weight is 287 g/mol. The summed E-state index contributed by atoms with van der Waals surface area (Å²) >= 11 is 0. The van der Waals surface area contributed by atoms with Crippen LogP contribution >= 0.6 is 0 Å². The van der Waals surface area contributed by atoms with Gasteiger partial charge < -0.3 is 15.8 Å². The molecule has 0 amide bonds. The number of nitrogens with two attached hydrogens (primary N) is 1. The maximum atomic E-state index is 6.03. The molecule has 0 spiro atoms. The minimum Gasteiger partial charge on any atom is -0.384 e. The number of nitrogens with one attached hydrogen (secondary N) is 1. The molecule has 21 heavy (non-hydrogen) atoms. The van der Waals surface area contributed by atoms with Gasteiger partial charge in [0.25, 0.3) is 0 Å². The molecule has 1 aromatic rings. The first-order chi connectivity index (χ1) is 10.2. The molecular weight excluding hydrogens is 262 g/mol. The highest BCUT2D eigenvalue weighted by Gasteiger charge is 2.36. The lowest BCUT2D eigenvalue weighted by Crippen LogP contribution is -2.38. The summed E-state index contributed by atoms with van der Waals surface area (Å²) in [6, 6.07) is 6.51. The average Bonchev–Trinajstić information content (AvgIpc) is 2.89. The summed E-state index contributed by atoms with van der Waals surface area (Å²) in [4.78, 5) is 4.53. The Hall–Kier alpha value is -1.55. The zero-order valence-corrected chi connectivity index (χ0v) is 12.8. The first-order valence-corrected chi connectivity index (χ1v) is 7.88. The zero-order valence-electron chi connectivity index (χ0n) is 12.8. The first-order valence-electron chi connectivity index (χ1n) is 7.88. The molecule has 0 unspecified atom stereocenters. The van der Waals surface area contributed by atoms with Crippen molar-refractivity contribution in [2.75, 3.05) is 25.6 Å². The molecule has 0 bridgehead atoms. The smallest absolute Gasteiger partial charge is 0.193 e. The van der Waals surface area contributed by atoms with Gasteiger partial charge in [-0.1, -0.05) is 12.5 Å². The third-order valence-corrected chi connectivity index (χ3v) is 4.82. The largest absolute Gasteiger partial charge is 0.384 e. The van der Waals surface area contributed by atoms with E-state index >= 15 is 0 Å². The number of aliphatic imine (C=N–C) groups is 1. The highest BCUT2D eigenvalue weighted by atomic mass is 16.5. The Labute approximate surface area is 126 Å². The Bertz CT molecular complexity index is 535. The second-order valence-corrected chi connectivity index (χ2v) is 6.45. The number of hydrogen-bond acceptors (Lipinski definition) is 2. The quantitative estimate of drug-likeness (QED) is 0.646. The van der Waals surface area contributed by atoms with Crippen LogP contribution in [0.5, 0.6) is 0 Å². The fraction of sp³-hybridized carbons (Fsp3) is 0.588. The van der Waals surface area contributed by atoms with E-state index in [2.05, 4.69) is 28.5 Å². The van der Waals surface area contributed by atoms with Crippen LogP contribution in [0.15, 0.2) is 23.2 Å². The summed E-state index contributed by atoms with van der Waals surface area (Å²) in [5, 5.41) is 3.22. The van der Waals surface area contributed by atoms with Gasteiger partial charge in [-0.05, 0) is 55.4 Å². The van der Waals surface area contributed by atoms with E-state index < -0.39 is 0 Å². The predicted molar refractivity (Wildman–Crippen MR) is 86.7 cm³/mol. The first kappa shape index (κ1) is 14.4. The van der Waals surface area contributed by atoms with E-state index in [-0.39, 0.29) is 5.41 Å². The van der Waals surface area contributed by atoms with Crippen LogP contribution in [0, 0.1) is 5.41 Å². The van der Waals surface area contributed by atoms with Gasteiger partial charge in [0, 0.05) is 18.2 Å². The highest BCUT2D eigenvalue weighted by molar-refractivity contribution is 5.92. The number of methoxy groups -OCH3 is 1. The molecule has 1 aromatic carbocycles. The number of fused-ring (bicyclic) bond motifs is 1. The summed E-state index contributed by atoms with van der Waals surface area (Å²) in [6.45, 7) is 1.53. The second-order valence-electron chi connectivity index (χ2n) is 6.45. The van der Waals surface area contributed by atoms with Gasteiger partial charge >= 0.3 is 0 Å². The van der Waals surface area contributed by atoms with Crippen LogP contribution in [-0.2, 0) is 17.6 Å². The van der Waals surface area contributed by atoms with Crippen molar-refractivity contribution in [3.05, 3.63) is 29.3 Å². The van der Waals surface area contributed by atoms with Crippen molar-refractivity contribution >= 4 is 11.6 Å². The molecule has 0 aromatic heterocycles. The fourth-order valence-electron chi connectivity index (χ4n) is 3.42. The summed E-state index contributed by atoms with van der Waals surface area (Å²) in [5.74, 6) is 0.510. The fourth-order valence-corrected chi connectivity index (χ4v) is 3.42. The van der Waals surface area contributed by atoms with Crippen molar-refractivity contribution in [2.45, 2.75) is 38.5 Å². The van der Waals surface area contributed by atoms with Gasteiger partial charge in [0.15, 0.2) is 5.96 Å². The molecule has 1 fully saturated rings. The van der Waals surface area contributed by atoms with Gasteiger partial charge in [0.2, 0.25) is 0 Å². The molecule has 3 N–H and O–H groups in total. The molecule has 3 rings (SSSR count). The molecule has 0 aliphatic heterocycles. The van der Waals surface area contributed by atoms with E-state index in [9.17, 15) is 0 Å². The Morgan fingerprint density at radius 1 is 1.29 bits per heavy atom. The van der Waals surface area contributed by atoms with Crippen molar-refractivity contribution < 1.29 is 4.74 Å². The SMILES string of the molecule is COCC1(CN=C(N)Nc2ccc3c(c2)CCC3)CCC1. The van der Waals surface area contributed by atoms with E-state index in [0.29, 0.717) is 5.96 Å². The minimum absolute atomic E-state index is 0.221. The van der Waals surface area contributed by atoms with Crippen LogP contribution in [0.25, 0.3) is 0 Å². The maximum Gasteiger partial charge on any atom is 0.193 e. The van der Waals surface area contributed by atoms with Gasteiger partial charge in [-0.25, -0.2) is 0 Å². The molecule has 1 saturated carbocycles. The number of anilines is 1. The number of guanidine groups is 1. The van der Waals surface area contributed by atoms with E-state index in [1.807, 2.05) is 0 Å². The van der Waals surface area contributed by atoms with Crippen LogP contribution in [0.1, 0.15) is 36.8 Å². The normalized spacial score (nSPS) is 20.0. The monoisotopic (exact) mass is 287 g/mol. The molecular formula is C17H25N3O. The molecule has 114 valence electrons. The van der Waals surface area contributed by atoms with E-state index in [4.69, 9.17) is 10.5 Å². The molecule has 0 atom stereocenters. The Kier molecular flexibility index (Phi) is 4.15. The van der Waals surface area contributed by atoms with Gasteiger partial charge in [0.05, 0.1) is 13.2 Å². The molecule has 2 aliphatic rings. The van der Waals surface area contributed by atoms with Crippen LogP contribution < -0.4 is 11.1 Å². The number of benzene rings is 1. The molecule has 0 heterocycles.